The predicted octanol–water partition coefficient (Wildman–Crippen LogP) is 15.5. The molecule has 0 aromatic carbocycles. The van der Waals surface area contributed by atoms with Crippen LogP contribution in [0.3, 0.4) is 0 Å². The monoisotopic (exact) mass is 779 g/mol. The molecule has 0 fully saturated rings. The van der Waals surface area contributed by atoms with Crippen LogP contribution in [0, 0.1) is 5.92 Å². The first kappa shape index (κ1) is 53.4. The molecule has 0 heterocycles. The van der Waals surface area contributed by atoms with Crippen LogP contribution < -0.4 is 0 Å². The fraction of sp³-hybridized carbons (Fsp3) is 0.939. The number of rotatable bonds is 44. The molecule has 0 amide bonds. The molecule has 0 N–H and O–H groups in total. The normalized spacial score (nSPS) is 12.4. The quantitative estimate of drug-likeness (QED) is 0.0348. The molecule has 0 radical (unpaired) electrons. The Morgan fingerprint density at radius 2 is 0.636 bits per heavy atom. The molecule has 326 valence electrons. The molecule has 0 bridgehead atoms. The zero-order chi connectivity index (χ0) is 40.3. The van der Waals surface area contributed by atoms with E-state index in [9.17, 15) is 14.4 Å². The summed E-state index contributed by atoms with van der Waals surface area (Å²) in [4.78, 5) is 37.8. The molecular formula is C49H94O6. The molecule has 0 aliphatic carbocycles. The van der Waals surface area contributed by atoms with Crippen LogP contribution in [0.5, 0.6) is 0 Å². The molecule has 0 aliphatic heterocycles. The smallest absolute Gasteiger partial charge is 0.306 e. The lowest BCUT2D eigenvalue weighted by atomic mass is 9.99. The summed E-state index contributed by atoms with van der Waals surface area (Å²) in [5, 5.41) is 0. The number of hydrogen-bond donors (Lipinski definition) is 0. The van der Waals surface area contributed by atoms with E-state index in [4.69, 9.17) is 14.2 Å². The number of carbonyl (C=O) groups excluding carboxylic acids is 3. The molecule has 2 atom stereocenters. The van der Waals surface area contributed by atoms with Gasteiger partial charge in [-0.05, 0) is 25.2 Å². The van der Waals surface area contributed by atoms with Crippen LogP contribution in [0.1, 0.15) is 272 Å². The van der Waals surface area contributed by atoms with E-state index in [0.717, 1.165) is 63.7 Å². The zero-order valence-corrected chi connectivity index (χ0v) is 37.4. The highest BCUT2D eigenvalue weighted by Crippen LogP contribution is 2.17. The third-order valence-corrected chi connectivity index (χ3v) is 11.4. The van der Waals surface area contributed by atoms with E-state index >= 15 is 0 Å². The summed E-state index contributed by atoms with van der Waals surface area (Å²) >= 11 is 0. The van der Waals surface area contributed by atoms with E-state index in [0.29, 0.717) is 19.3 Å². The lowest BCUT2D eigenvalue weighted by Gasteiger charge is -2.18. The van der Waals surface area contributed by atoms with Crippen molar-refractivity contribution in [2.75, 3.05) is 13.2 Å². The maximum atomic E-state index is 12.7. The Bertz CT molecular complexity index is 828. The number of esters is 3. The van der Waals surface area contributed by atoms with Gasteiger partial charge in [0.25, 0.3) is 0 Å². The molecule has 0 saturated heterocycles. The minimum absolute atomic E-state index is 0.0635. The molecule has 6 heteroatoms. The van der Waals surface area contributed by atoms with Crippen LogP contribution in [0.2, 0.25) is 0 Å². The molecule has 1 unspecified atom stereocenters. The van der Waals surface area contributed by atoms with Crippen LogP contribution in [0.4, 0.5) is 0 Å². The SMILES string of the molecule is CCCCCCCCCCCCCCCCC(=O)O[C@H](COC(=O)CCCCCCCCCCCCC)COC(=O)CCCCCCCCCCC(C)CC. The molecule has 0 aliphatic rings. The van der Waals surface area contributed by atoms with Crippen molar-refractivity contribution in [2.45, 2.75) is 278 Å². The second-order valence-electron chi connectivity index (χ2n) is 17.0. The summed E-state index contributed by atoms with van der Waals surface area (Å²) in [6.45, 7) is 9.01. The van der Waals surface area contributed by atoms with Gasteiger partial charge in [-0.3, -0.25) is 14.4 Å². The molecule has 0 aromatic rings. The third kappa shape index (κ3) is 41.9. The maximum Gasteiger partial charge on any atom is 0.306 e. The van der Waals surface area contributed by atoms with Gasteiger partial charge in [0.1, 0.15) is 13.2 Å². The lowest BCUT2D eigenvalue weighted by Crippen LogP contribution is -2.30. The Kier molecular flexibility index (Phi) is 42.3. The summed E-state index contributed by atoms with van der Waals surface area (Å²) in [6.07, 6.45) is 43.6. The largest absolute Gasteiger partial charge is 0.462 e. The van der Waals surface area contributed by atoms with Gasteiger partial charge in [0.05, 0.1) is 0 Å². The molecular weight excluding hydrogens is 685 g/mol. The minimum atomic E-state index is -0.760. The minimum Gasteiger partial charge on any atom is -0.462 e. The van der Waals surface area contributed by atoms with Gasteiger partial charge in [0.15, 0.2) is 6.10 Å². The second-order valence-corrected chi connectivity index (χ2v) is 17.0. The Balaban J connectivity index is 4.33. The van der Waals surface area contributed by atoms with Gasteiger partial charge in [0, 0.05) is 19.3 Å². The Hall–Kier alpha value is -1.59. The highest BCUT2D eigenvalue weighted by molar-refractivity contribution is 5.71. The summed E-state index contributed by atoms with van der Waals surface area (Å²) in [5.74, 6) is -0.00243. The molecule has 6 nitrogen and oxygen atoms in total. The van der Waals surface area contributed by atoms with E-state index in [1.54, 1.807) is 0 Å². The van der Waals surface area contributed by atoms with Gasteiger partial charge < -0.3 is 14.2 Å². The molecule has 55 heavy (non-hydrogen) atoms. The standard InChI is InChI=1S/C49H94O6/c1-5-8-10-12-14-16-18-19-20-22-24-30-34-38-42-49(52)55-46(43-53-47(50)40-36-32-28-23-21-17-15-13-11-9-6-2)44-54-48(51)41-37-33-29-26-25-27-31-35-39-45(4)7-3/h45-46H,5-44H2,1-4H3/t45?,46-/m1/s1. The van der Waals surface area contributed by atoms with E-state index < -0.39 is 6.10 Å². The molecule has 0 aromatic heterocycles. The topological polar surface area (TPSA) is 78.9 Å². The van der Waals surface area contributed by atoms with Crippen molar-refractivity contribution >= 4 is 17.9 Å². The van der Waals surface area contributed by atoms with Gasteiger partial charge in [0.2, 0.25) is 0 Å². The molecule has 0 rings (SSSR count). The van der Waals surface area contributed by atoms with E-state index in [1.165, 1.54) is 167 Å². The number of carbonyl (C=O) groups is 3. The van der Waals surface area contributed by atoms with Crippen molar-refractivity contribution in [3.63, 3.8) is 0 Å². The summed E-state index contributed by atoms with van der Waals surface area (Å²) in [5.41, 5.74) is 0. The lowest BCUT2D eigenvalue weighted by molar-refractivity contribution is -0.167. The highest BCUT2D eigenvalue weighted by atomic mass is 16.6. The number of hydrogen-bond acceptors (Lipinski definition) is 6. The first-order chi connectivity index (χ1) is 26.9. The summed E-state index contributed by atoms with van der Waals surface area (Å²) < 4.78 is 16.8. The van der Waals surface area contributed by atoms with Gasteiger partial charge in [-0.2, -0.15) is 0 Å². The van der Waals surface area contributed by atoms with Crippen molar-refractivity contribution in [2.24, 2.45) is 5.92 Å². The van der Waals surface area contributed by atoms with Crippen LogP contribution >= 0.6 is 0 Å². The van der Waals surface area contributed by atoms with Crippen LogP contribution in [0.15, 0.2) is 0 Å². The predicted molar refractivity (Wildman–Crippen MR) is 233 cm³/mol. The van der Waals surface area contributed by atoms with Gasteiger partial charge in [-0.15, -0.1) is 0 Å². The number of ether oxygens (including phenoxy) is 3. The summed E-state index contributed by atoms with van der Waals surface area (Å²) in [7, 11) is 0. The van der Waals surface area contributed by atoms with Crippen molar-refractivity contribution in [3.05, 3.63) is 0 Å². The van der Waals surface area contributed by atoms with Gasteiger partial charge >= 0.3 is 17.9 Å². The first-order valence-corrected chi connectivity index (χ1v) is 24.4. The Morgan fingerprint density at radius 1 is 0.364 bits per heavy atom. The van der Waals surface area contributed by atoms with Crippen LogP contribution in [-0.2, 0) is 28.6 Å². The van der Waals surface area contributed by atoms with Crippen molar-refractivity contribution in [1.82, 2.24) is 0 Å². The fourth-order valence-electron chi connectivity index (χ4n) is 7.30. The second kappa shape index (κ2) is 43.5. The van der Waals surface area contributed by atoms with Crippen molar-refractivity contribution in [3.8, 4) is 0 Å². The average Bonchev–Trinajstić information content (AvgIpc) is 3.18. The third-order valence-electron chi connectivity index (χ3n) is 11.4. The van der Waals surface area contributed by atoms with E-state index in [-0.39, 0.29) is 31.1 Å². The first-order valence-electron chi connectivity index (χ1n) is 24.4. The average molecular weight is 779 g/mol. The van der Waals surface area contributed by atoms with Crippen LogP contribution in [0.25, 0.3) is 0 Å². The van der Waals surface area contributed by atoms with Crippen molar-refractivity contribution < 1.29 is 28.6 Å². The Labute approximate surface area is 342 Å². The van der Waals surface area contributed by atoms with Crippen LogP contribution in [-0.4, -0.2) is 37.2 Å². The summed E-state index contributed by atoms with van der Waals surface area (Å²) in [6, 6.07) is 0. The van der Waals surface area contributed by atoms with E-state index in [2.05, 4.69) is 27.7 Å². The molecule has 0 spiro atoms. The maximum absolute atomic E-state index is 12.7. The zero-order valence-electron chi connectivity index (χ0n) is 37.4. The van der Waals surface area contributed by atoms with E-state index in [1.807, 2.05) is 0 Å². The fourth-order valence-corrected chi connectivity index (χ4v) is 7.30. The van der Waals surface area contributed by atoms with Crippen molar-refractivity contribution in [1.29, 1.82) is 0 Å². The van der Waals surface area contributed by atoms with Gasteiger partial charge in [-0.1, -0.05) is 233 Å². The Morgan fingerprint density at radius 3 is 0.945 bits per heavy atom. The van der Waals surface area contributed by atoms with Gasteiger partial charge in [-0.25, -0.2) is 0 Å². The molecule has 0 saturated carbocycles. The number of unbranched alkanes of at least 4 members (excludes halogenated alkanes) is 30. The highest BCUT2D eigenvalue weighted by Gasteiger charge is 2.19.